The van der Waals surface area contributed by atoms with Crippen LogP contribution in [0, 0.1) is 6.92 Å². The van der Waals surface area contributed by atoms with Gasteiger partial charge in [-0.05, 0) is 45.4 Å². The zero-order chi connectivity index (χ0) is 12.3. The summed E-state index contributed by atoms with van der Waals surface area (Å²) in [5.74, 6) is 1.69. The molecule has 0 amide bonds. The summed E-state index contributed by atoms with van der Waals surface area (Å²) in [5, 5.41) is 0. The van der Waals surface area contributed by atoms with Gasteiger partial charge in [-0.15, -0.1) is 0 Å². The lowest BCUT2D eigenvalue weighted by Gasteiger charge is -2.23. The summed E-state index contributed by atoms with van der Waals surface area (Å²) >= 11 is 0. The number of ether oxygens (including phenoxy) is 2. The molecule has 0 atom stereocenters. The van der Waals surface area contributed by atoms with Gasteiger partial charge < -0.3 is 15.2 Å². The number of hydrogen-bond acceptors (Lipinski definition) is 3. The third-order valence-electron chi connectivity index (χ3n) is 2.49. The van der Waals surface area contributed by atoms with Gasteiger partial charge in [-0.25, -0.2) is 0 Å². The van der Waals surface area contributed by atoms with E-state index in [0.717, 1.165) is 22.6 Å². The molecule has 0 spiro atoms. The van der Waals surface area contributed by atoms with Gasteiger partial charge in [-0.2, -0.15) is 0 Å². The van der Waals surface area contributed by atoms with Gasteiger partial charge >= 0.3 is 0 Å². The lowest BCUT2D eigenvalue weighted by molar-refractivity contribution is 0.333. The van der Waals surface area contributed by atoms with Crippen LogP contribution < -0.4 is 15.2 Å². The molecule has 2 N–H and O–H groups in total. The molecule has 0 unspecified atom stereocenters. The molecular weight excluding hydrogens is 202 g/mol. The second-order valence-corrected chi connectivity index (χ2v) is 4.47. The third-order valence-corrected chi connectivity index (χ3v) is 2.49. The fourth-order valence-corrected chi connectivity index (χ4v) is 1.65. The smallest absolute Gasteiger partial charge is 0.124 e. The van der Waals surface area contributed by atoms with Crippen molar-refractivity contribution in [3.05, 3.63) is 23.3 Å². The standard InChI is InChI=1S/C13H21NO2/c1-6-16-11-8-10(13(3,4)14)12(15-5)7-9(11)2/h7-8H,6,14H2,1-5H3. The highest BCUT2D eigenvalue weighted by Gasteiger charge is 2.21. The number of nitrogens with two attached hydrogens (primary N) is 1. The lowest BCUT2D eigenvalue weighted by atomic mass is 9.93. The minimum atomic E-state index is -0.440. The van der Waals surface area contributed by atoms with E-state index in [1.807, 2.05) is 39.8 Å². The second-order valence-electron chi connectivity index (χ2n) is 4.47. The van der Waals surface area contributed by atoms with Crippen molar-refractivity contribution in [3.8, 4) is 11.5 Å². The Bertz CT molecular complexity index is 367. The van der Waals surface area contributed by atoms with E-state index < -0.39 is 5.54 Å². The molecule has 0 saturated heterocycles. The summed E-state index contributed by atoms with van der Waals surface area (Å²) in [4.78, 5) is 0. The van der Waals surface area contributed by atoms with Gasteiger partial charge in [0.25, 0.3) is 0 Å². The number of rotatable bonds is 4. The Morgan fingerprint density at radius 3 is 2.31 bits per heavy atom. The Morgan fingerprint density at radius 1 is 1.25 bits per heavy atom. The van der Waals surface area contributed by atoms with Crippen LogP contribution in [0.25, 0.3) is 0 Å². The van der Waals surface area contributed by atoms with Gasteiger partial charge in [0.1, 0.15) is 11.5 Å². The normalized spacial score (nSPS) is 11.4. The van der Waals surface area contributed by atoms with Crippen LogP contribution in [0.3, 0.4) is 0 Å². The Hall–Kier alpha value is -1.22. The van der Waals surface area contributed by atoms with Crippen molar-refractivity contribution >= 4 is 0 Å². The minimum Gasteiger partial charge on any atom is -0.496 e. The van der Waals surface area contributed by atoms with Crippen LogP contribution >= 0.6 is 0 Å². The monoisotopic (exact) mass is 223 g/mol. The van der Waals surface area contributed by atoms with Crippen LogP contribution in [-0.2, 0) is 5.54 Å². The molecule has 0 saturated carbocycles. The summed E-state index contributed by atoms with van der Waals surface area (Å²) in [6.07, 6.45) is 0. The fourth-order valence-electron chi connectivity index (χ4n) is 1.65. The third kappa shape index (κ3) is 2.67. The SMILES string of the molecule is CCOc1cc(C(C)(C)N)c(OC)cc1C. The Balaban J connectivity index is 3.29. The maximum absolute atomic E-state index is 6.11. The summed E-state index contributed by atoms with van der Waals surface area (Å²) in [6.45, 7) is 8.53. The molecule has 0 heterocycles. The topological polar surface area (TPSA) is 44.5 Å². The molecule has 90 valence electrons. The molecule has 0 aliphatic heterocycles. The zero-order valence-electron chi connectivity index (χ0n) is 10.8. The van der Waals surface area contributed by atoms with Gasteiger partial charge in [0.2, 0.25) is 0 Å². The Morgan fingerprint density at radius 2 is 1.88 bits per heavy atom. The van der Waals surface area contributed by atoms with Crippen LogP contribution in [0.2, 0.25) is 0 Å². The van der Waals surface area contributed by atoms with Crippen molar-refractivity contribution in [2.45, 2.75) is 33.2 Å². The molecule has 0 fully saturated rings. The van der Waals surface area contributed by atoms with E-state index in [9.17, 15) is 0 Å². The molecular formula is C13H21NO2. The van der Waals surface area contributed by atoms with Crippen molar-refractivity contribution in [1.29, 1.82) is 0 Å². The summed E-state index contributed by atoms with van der Waals surface area (Å²) in [7, 11) is 1.66. The van der Waals surface area contributed by atoms with Crippen LogP contribution in [0.5, 0.6) is 11.5 Å². The molecule has 0 radical (unpaired) electrons. The molecule has 0 aromatic heterocycles. The highest BCUT2D eigenvalue weighted by atomic mass is 16.5. The highest BCUT2D eigenvalue weighted by molar-refractivity contribution is 5.48. The van der Waals surface area contributed by atoms with Crippen LogP contribution in [-0.4, -0.2) is 13.7 Å². The minimum absolute atomic E-state index is 0.440. The van der Waals surface area contributed by atoms with E-state index in [2.05, 4.69) is 0 Å². The van der Waals surface area contributed by atoms with Gasteiger partial charge in [0.15, 0.2) is 0 Å². The first-order valence-corrected chi connectivity index (χ1v) is 5.51. The Labute approximate surface area is 97.6 Å². The van der Waals surface area contributed by atoms with Crippen molar-refractivity contribution in [2.75, 3.05) is 13.7 Å². The molecule has 1 aromatic rings. The second kappa shape index (κ2) is 4.74. The molecule has 1 aromatic carbocycles. The van der Waals surface area contributed by atoms with Crippen molar-refractivity contribution in [3.63, 3.8) is 0 Å². The lowest BCUT2D eigenvalue weighted by Crippen LogP contribution is -2.29. The molecule has 0 aliphatic carbocycles. The predicted octanol–water partition coefficient (Wildman–Crippen LogP) is 2.60. The van der Waals surface area contributed by atoms with E-state index >= 15 is 0 Å². The molecule has 0 aliphatic rings. The predicted molar refractivity (Wildman–Crippen MR) is 66.1 cm³/mol. The summed E-state index contributed by atoms with van der Waals surface area (Å²) < 4.78 is 10.9. The van der Waals surface area contributed by atoms with Crippen LogP contribution in [0.15, 0.2) is 12.1 Å². The summed E-state index contributed by atoms with van der Waals surface area (Å²) in [5.41, 5.74) is 7.70. The average Bonchev–Trinajstić information content (AvgIpc) is 2.19. The molecule has 16 heavy (non-hydrogen) atoms. The quantitative estimate of drug-likeness (QED) is 0.853. The van der Waals surface area contributed by atoms with E-state index in [4.69, 9.17) is 15.2 Å². The number of benzene rings is 1. The maximum atomic E-state index is 6.11. The van der Waals surface area contributed by atoms with Crippen molar-refractivity contribution in [1.82, 2.24) is 0 Å². The molecule has 0 bridgehead atoms. The maximum Gasteiger partial charge on any atom is 0.124 e. The molecule has 3 nitrogen and oxygen atoms in total. The van der Waals surface area contributed by atoms with E-state index in [1.54, 1.807) is 7.11 Å². The highest BCUT2D eigenvalue weighted by Crippen LogP contribution is 2.34. The van der Waals surface area contributed by atoms with Gasteiger partial charge in [0.05, 0.1) is 13.7 Å². The fraction of sp³-hybridized carbons (Fsp3) is 0.538. The number of aryl methyl sites for hydroxylation is 1. The first-order chi connectivity index (χ1) is 7.40. The van der Waals surface area contributed by atoms with E-state index in [1.165, 1.54) is 0 Å². The molecule has 3 heteroatoms. The largest absolute Gasteiger partial charge is 0.496 e. The van der Waals surface area contributed by atoms with Crippen molar-refractivity contribution in [2.24, 2.45) is 5.73 Å². The van der Waals surface area contributed by atoms with Gasteiger partial charge in [-0.3, -0.25) is 0 Å². The zero-order valence-corrected chi connectivity index (χ0v) is 10.8. The first kappa shape index (κ1) is 12.8. The van der Waals surface area contributed by atoms with Gasteiger partial charge in [-0.1, -0.05) is 0 Å². The average molecular weight is 223 g/mol. The molecule has 1 rings (SSSR count). The summed E-state index contributed by atoms with van der Waals surface area (Å²) in [6, 6.07) is 3.94. The van der Waals surface area contributed by atoms with Gasteiger partial charge in [0, 0.05) is 11.1 Å². The van der Waals surface area contributed by atoms with Crippen molar-refractivity contribution < 1.29 is 9.47 Å². The van der Waals surface area contributed by atoms with E-state index in [-0.39, 0.29) is 0 Å². The van der Waals surface area contributed by atoms with Crippen LogP contribution in [0.1, 0.15) is 31.9 Å². The van der Waals surface area contributed by atoms with E-state index in [0.29, 0.717) is 6.61 Å². The number of methoxy groups -OCH3 is 1. The Kier molecular flexibility index (Phi) is 3.81. The number of hydrogen-bond donors (Lipinski definition) is 1. The van der Waals surface area contributed by atoms with Crippen LogP contribution in [0.4, 0.5) is 0 Å². The first-order valence-electron chi connectivity index (χ1n) is 5.51.